The van der Waals surface area contributed by atoms with Crippen LogP contribution in [0, 0.1) is 0 Å². The fourth-order valence-electron chi connectivity index (χ4n) is 1.12. The van der Waals surface area contributed by atoms with Crippen LogP contribution >= 0.6 is 0 Å². The number of carboxylic acids is 1. The Hall–Kier alpha value is -0.860. The minimum atomic E-state index is -0.855. The lowest BCUT2D eigenvalue weighted by atomic mass is 10.0. The van der Waals surface area contributed by atoms with Gasteiger partial charge in [0, 0.05) is 6.04 Å². The standard InChI is InChI=1S/C7H11NO2/c1-5-3-2-4-6(8-5)7(9)10/h5H,2-4H2,1H3,(H,9,10)/t5-/m1/s1. The first kappa shape index (κ1) is 7.25. The first-order chi connectivity index (χ1) is 4.70. The molecule has 3 nitrogen and oxygen atoms in total. The number of hydrogen-bond acceptors (Lipinski definition) is 2. The largest absolute Gasteiger partial charge is 0.477 e. The van der Waals surface area contributed by atoms with Crippen molar-refractivity contribution < 1.29 is 9.90 Å². The number of carboxylic acid groups (broad SMARTS) is 1. The van der Waals surface area contributed by atoms with Crippen molar-refractivity contribution in [2.24, 2.45) is 4.99 Å². The van der Waals surface area contributed by atoms with Crippen LogP contribution in [0.3, 0.4) is 0 Å². The third kappa shape index (κ3) is 1.56. The first-order valence-corrected chi connectivity index (χ1v) is 3.50. The molecule has 0 unspecified atom stereocenters. The molecule has 0 saturated carbocycles. The van der Waals surface area contributed by atoms with E-state index in [0.29, 0.717) is 12.1 Å². The molecular formula is C7H11NO2. The molecule has 0 aliphatic carbocycles. The minimum Gasteiger partial charge on any atom is -0.477 e. The molecule has 0 saturated heterocycles. The lowest BCUT2D eigenvalue weighted by Gasteiger charge is -2.13. The Morgan fingerprint density at radius 1 is 1.80 bits per heavy atom. The van der Waals surface area contributed by atoms with Gasteiger partial charge in [-0.2, -0.15) is 0 Å². The van der Waals surface area contributed by atoms with Gasteiger partial charge in [-0.3, -0.25) is 4.99 Å². The van der Waals surface area contributed by atoms with E-state index in [4.69, 9.17) is 5.11 Å². The van der Waals surface area contributed by atoms with Crippen molar-refractivity contribution in [3.63, 3.8) is 0 Å². The van der Waals surface area contributed by atoms with Crippen LogP contribution in [0.4, 0.5) is 0 Å². The van der Waals surface area contributed by atoms with Crippen LogP contribution in [-0.2, 0) is 4.79 Å². The van der Waals surface area contributed by atoms with Gasteiger partial charge in [-0.25, -0.2) is 4.79 Å². The zero-order valence-corrected chi connectivity index (χ0v) is 6.00. The molecule has 0 radical (unpaired) electrons. The number of hydrogen-bond donors (Lipinski definition) is 1. The minimum absolute atomic E-state index is 0.208. The number of nitrogens with zero attached hydrogens (tertiary/aromatic N) is 1. The Labute approximate surface area is 59.8 Å². The number of aliphatic carboxylic acids is 1. The summed E-state index contributed by atoms with van der Waals surface area (Å²) < 4.78 is 0. The van der Waals surface area contributed by atoms with Crippen molar-refractivity contribution in [1.29, 1.82) is 0 Å². The second kappa shape index (κ2) is 2.82. The van der Waals surface area contributed by atoms with E-state index >= 15 is 0 Å². The van der Waals surface area contributed by atoms with Crippen LogP contribution in [0.25, 0.3) is 0 Å². The van der Waals surface area contributed by atoms with Crippen molar-refractivity contribution in [2.75, 3.05) is 0 Å². The molecular weight excluding hydrogens is 130 g/mol. The zero-order valence-electron chi connectivity index (χ0n) is 6.00. The predicted octanol–water partition coefficient (Wildman–Crippen LogP) is 1.08. The molecule has 0 aromatic heterocycles. The summed E-state index contributed by atoms with van der Waals surface area (Å²) in [5.41, 5.74) is 0.346. The molecule has 0 bridgehead atoms. The van der Waals surface area contributed by atoms with Crippen molar-refractivity contribution in [2.45, 2.75) is 32.2 Å². The van der Waals surface area contributed by atoms with Crippen LogP contribution < -0.4 is 0 Å². The van der Waals surface area contributed by atoms with Gasteiger partial charge in [0.15, 0.2) is 0 Å². The maximum absolute atomic E-state index is 10.4. The summed E-state index contributed by atoms with van der Waals surface area (Å²) in [7, 11) is 0. The fourth-order valence-corrected chi connectivity index (χ4v) is 1.12. The summed E-state index contributed by atoms with van der Waals surface area (Å²) in [6, 6.07) is 0.208. The summed E-state index contributed by atoms with van der Waals surface area (Å²) in [6.07, 6.45) is 2.63. The lowest BCUT2D eigenvalue weighted by molar-refractivity contribution is -0.129. The van der Waals surface area contributed by atoms with Gasteiger partial charge in [-0.15, -0.1) is 0 Å². The molecule has 1 atom stereocenters. The number of carbonyl (C=O) groups is 1. The number of rotatable bonds is 1. The SMILES string of the molecule is C[C@@H]1CCCC(C(=O)O)=N1. The molecule has 1 heterocycles. The van der Waals surface area contributed by atoms with E-state index in [1.165, 1.54) is 0 Å². The Balaban J connectivity index is 2.66. The van der Waals surface area contributed by atoms with Gasteiger partial charge in [0.2, 0.25) is 0 Å². The van der Waals surface area contributed by atoms with Crippen molar-refractivity contribution in [3.8, 4) is 0 Å². The predicted molar refractivity (Wildman–Crippen MR) is 38.4 cm³/mol. The highest BCUT2D eigenvalue weighted by molar-refractivity contribution is 6.35. The molecule has 10 heavy (non-hydrogen) atoms. The molecule has 1 N–H and O–H groups in total. The highest BCUT2D eigenvalue weighted by Gasteiger charge is 2.15. The zero-order chi connectivity index (χ0) is 7.56. The van der Waals surface area contributed by atoms with Gasteiger partial charge in [0.25, 0.3) is 0 Å². The highest BCUT2D eigenvalue weighted by atomic mass is 16.4. The van der Waals surface area contributed by atoms with E-state index in [1.807, 2.05) is 6.92 Å². The van der Waals surface area contributed by atoms with E-state index in [0.717, 1.165) is 12.8 Å². The van der Waals surface area contributed by atoms with E-state index in [2.05, 4.69) is 4.99 Å². The van der Waals surface area contributed by atoms with Crippen molar-refractivity contribution >= 4 is 11.7 Å². The summed E-state index contributed by atoms with van der Waals surface area (Å²) in [5, 5.41) is 8.53. The Bertz CT molecular complexity index is 174. The normalized spacial score (nSPS) is 25.7. The van der Waals surface area contributed by atoms with Gasteiger partial charge in [0.1, 0.15) is 5.71 Å². The van der Waals surface area contributed by atoms with Gasteiger partial charge < -0.3 is 5.11 Å². The molecule has 1 aliphatic rings. The van der Waals surface area contributed by atoms with Crippen LogP contribution in [-0.4, -0.2) is 22.8 Å². The summed E-state index contributed by atoms with van der Waals surface area (Å²) in [6.45, 7) is 1.95. The Morgan fingerprint density at radius 2 is 2.50 bits per heavy atom. The molecule has 0 fully saturated rings. The highest BCUT2D eigenvalue weighted by Crippen LogP contribution is 2.12. The van der Waals surface area contributed by atoms with Gasteiger partial charge in [0.05, 0.1) is 0 Å². The monoisotopic (exact) mass is 141 g/mol. The Morgan fingerprint density at radius 3 is 2.90 bits per heavy atom. The van der Waals surface area contributed by atoms with Crippen LogP contribution in [0.15, 0.2) is 4.99 Å². The second-order valence-corrected chi connectivity index (χ2v) is 2.62. The molecule has 56 valence electrons. The molecule has 0 aromatic carbocycles. The molecule has 0 amide bonds. The van der Waals surface area contributed by atoms with Crippen LogP contribution in [0.5, 0.6) is 0 Å². The van der Waals surface area contributed by atoms with Crippen molar-refractivity contribution in [1.82, 2.24) is 0 Å². The average Bonchev–Trinajstić information content (AvgIpc) is 1.88. The molecule has 0 spiro atoms. The maximum Gasteiger partial charge on any atom is 0.349 e. The second-order valence-electron chi connectivity index (χ2n) is 2.62. The first-order valence-electron chi connectivity index (χ1n) is 3.50. The van der Waals surface area contributed by atoms with Gasteiger partial charge >= 0.3 is 5.97 Å². The summed E-state index contributed by atoms with van der Waals surface area (Å²) >= 11 is 0. The molecule has 3 heteroatoms. The summed E-state index contributed by atoms with van der Waals surface area (Å²) in [5.74, 6) is -0.855. The third-order valence-corrected chi connectivity index (χ3v) is 1.66. The van der Waals surface area contributed by atoms with Gasteiger partial charge in [-0.1, -0.05) is 0 Å². The topological polar surface area (TPSA) is 49.7 Å². The lowest BCUT2D eigenvalue weighted by Crippen LogP contribution is -2.20. The van der Waals surface area contributed by atoms with E-state index in [9.17, 15) is 4.79 Å². The molecule has 1 rings (SSSR count). The van der Waals surface area contributed by atoms with Crippen molar-refractivity contribution in [3.05, 3.63) is 0 Å². The third-order valence-electron chi connectivity index (χ3n) is 1.66. The molecule has 1 aliphatic heterocycles. The maximum atomic E-state index is 10.4. The summed E-state index contributed by atoms with van der Waals surface area (Å²) in [4.78, 5) is 14.4. The number of aliphatic imine (C=N–C) groups is 1. The van der Waals surface area contributed by atoms with Crippen LogP contribution in [0.1, 0.15) is 26.2 Å². The fraction of sp³-hybridized carbons (Fsp3) is 0.714. The Kier molecular flexibility index (Phi) is 2.04. The smallest absolute Gasteiger partial charge is 0.349 e. The van der Waals surface area contributed by atoms with Gasteiger partial charge in [-0.05, 0) is 26.2 Å². The average molecular weight is 141 g/mol. The van der Waals surface area contributed by atoms with E-state index in [-0.39, 0.29) is 6.04 Å². The van der Waals surface area contributed by atoms with Crippen LogP contribution in [0.2, 0.25) is 0 Å². The molecule has 0 aromatic rings. The quantitative estimate of drug-likeness (QED) is 0.594. The van der Waals surface area contributed by atoms with E-state index in [1.54, 1.807) is 0 Å². The van der Waals surface area contributed by atoms with E-state index < -0.39 is 5.97 Å².